The highest BCUT2D eigenvalue weighted by Gasteiger charge is 2.38. The Bertz CT molecular complexity index is 477. The van der Waals surface area contributed by atoms with Crippen LogP contribution in [0.4, 0.5) is 0 Å². The van der Waals surface area contributed by atoms with Crippen LogP contribution in [0.1, 0.15) is 19.3 Å². The van der Waals surface area contributed by atoms with Gasteiger partial charge in [0.2, 0.25) is 5.91 Å². The molecule has 1 atom stereocenters. The fourth-order valence-corrected chi connectivity index (χ4v) is 5.02. The van der Waals surface area contributed by atoms with Gasteiger partial charge in [0, 0.05) is 44.0 Å². The Morgan fingerprint density at radius 2 is 2.17 bits per heavy atom. The predicted molar refractivity (Wildman–Crippen MR) is 111 cm³/mol. The number of guanidine groups is 1. The summed E-state index contributed by atoms with van der Waals surface area (Å²) < 4.78 is 0. The molecule has 0 aromatic rings. The van der Waals surface area contributed by atoms with Crippen molar-refractivity contribution in [3.05, 3.63) is 0 Å². The van der Waals surface area contributed by atoms with E-state index in [-0.39, 0.29) is 35.4 Å². The van der Waals surface area contributed by atoms with Gasteiger partial charge in [-0.1, -0.05) is 0 Å². The molecule has 1 unspecified atom stereocenters. The summed E-state index contributed by atoms with van der Waals surface area (Å²) in [6.45, 7) is 3.06. The zero-order valence-corrected chi connectivity index (χ0v) is 18.1. The molecule has 0 spiro atoms. The third kappa shape index (κ3) is 4.30. The van der Waals surface area contributed by atoms with E-state index in [0.717, 1.165) is 31.3 Å². The van der Waals surface area contributed by atoms with Gasteiger partial charge in [0.1, 0.15) is 0 Å². The second-order valence-electron chi connectivity index (χ2n) is 7.06. The van der Waals surface area contributed by atoms with Crippen LogP contribution in [0.25, 0.3) is 0 Å². The SMILES string of the molecule is CN=C(NCC1(N(C)C)CCSC1)N1CCN(C2CC2)C(=O)C1.I. The van der Waals surface area contributed by atoms with E-state index in [2.05, 4.69) is 39.1 Å². The summed E-state index contributed by atoms with van der Waals surface area (Å²) in [7, 11) is 6.13. The maximum absolute atomic E-state index is 12.3. The molecule has 2 saturated heterocycles. The highest BCUT2D eigenvalue weighted by atomic mass is 127. The van der Waals surface area contributed by atoms with E-state index < -0.39 is 0 Å². The minimum absolute atomic E-state index is 0. The highest BCUT2D eigenvalue weighted by molar-refractivity contribution is 14.0. The Morgan fingerprint density at radius 3 is 2.67 bits per heavy atom. The van der Waals surface area contributed by atoms with Crippen molar-refractivity contribution in [2.75, 3.05) is 58.8 Å². The van der Waals surface area contributed by atoms with Crippen LogP contribution in [0.15, 0.2) is 4.99 Å². The molecule has 24 heavy (non-hydrogen) atoms. The minimum Gasteiger partial charge on any atom is -0.354 e. The van der Waals surface area contributed by atoms with Crippen molar-refractivity contribution in [2.45, 2.75) is 30.8 Å². The molecule has 3 aliphatic rings. The number of nitrogens with zero attached hydrogens (tertiary/aromatic N) is 4. The molecule has 6 nitrogen and oxygen atoms in total. The van der Waals surface area contributed by atoms with E-state index in [1.165, 1.54) is 25.0 Å². The summed E-state index contributed by atoms with van der Waals surface area (Å²) in [4.78, 5) is 23.2. The second-order valence-corrected chi connectivity index (χ2v) is 8.17. The summed E-state index contributed by atoms with van der Waals surface area (Å²) in [5, 5.41) is 3.53. The van der Waals surface area contributed by atoms with E-state index in [0.29, 0.717) is 12.6 Å². The van der Waals surface area contributed by atoms with E-state index in [1.807, 2.05) is 18.8 Å². The van der Waals surface area contributed by atoms with Crippen LogP contribution >= 0.6 is 35.7 Å². The van der Waals surface area contributed by atoms with Gasteiger partial charge in [-0.15, -0.1) is 24.0 Å². The smallest absolute Gasteiger partial charge is 0.242 e. The molecular formula is C16H30IN5OS. The molecule has 0 aromatic heterocycles. The Balaban J connectivity index is 0.00000208. The Kier molecular flexibility index (Phi) is 7.07. The van der Waals surface area contributed by atoms with E-state index in [4.69, 9.17) is 0 Å². The molecule has 138 valence electrons. The Morgan fingerprint density at radius 1 is 1.42 bits per heavy atom. The molecule has 0 aromatic carbocycles. The number of hydrogen-bond donors (Lipinski definition) is 1. The molecule has 0 bridgehead atoms. The van der Waals surface area contributed by atoms with E-state index in [9.17, 15) is 4.79 Å². The van der Waals surface area contributed by atoms with Crippen LogP contribution in [0.5, 0.6) is 0 Å². The summed E-state index contributed by atoms with van der Waals surface area (Å²) in [6, 6.07) is 0.521. The van der Waals surface area contributed by atoms with Crippen molar-refractivity contribution < 1.29 is 4.79 Å². The van der Waals surface area contributed by atoms with Gasteiger partial charge < -0.3 is 20.0 Å². The Hall–Kier alpha value is -0.220. The maximum atomic E-state index is 12.3. The first-order chi connectivity index (χ1) is 11.1. The number of thioether (sulfide) groups is 1. The number of hydrogen-bond acceptors (Lipinski definition) is 4. The third-order valence-electron chi connectivity index (χ3n) is 5.36. The number of piperazine rings is 1. The molecular weight excluding hydrogens is 437 g/mol. The molecule has 8 heteroatoms. The first-order valence-corrected chi connectivity index (χ1v) is 9.71. The second kappa shape index (κ2) is 8.44. The lowest BCUT2D eigenvalue weighted by atomic mass is 9.97. The van der Waals surface area contributed by atoms with E-state index in [1.54, 1.807) is 0 Å². The lowest BCUT2D eigenvalue weighted by molar-refractivity contribution is -0.135. The van der Waals surface area contributed by atoms with Gasteiger partial charge in [0.05, 0.1) is 6.54 Å². The normalized spacial score (nSPS) is 28.3. The van der Waals surface area contributed by atoms with E-state index >= 15 is 0 Å². The van der Waals surface area contributed by atoms with Crippen LogP contribution in [0.3, 0.4) is 0 Å². The highest BCUT2D eigenvalue weighted by Crippen LogP contribution is 2.31. The van der Waals surface area contributed by atoms with Gasteiger partial charge in [0.25, 0.3) is 0 Å². The fourth-order valence-electron chi connectivity index (χ4n) is 3.46. The molecule has 0 radical (unpaired) electrons. The molecule has 2 heterocycles. The van der Waals surface area contributed by atoms with Gasteiger partial charge in [-0.25, -0.2) is 0 Å². The van der Waals surface area contributed by atoms with Crippen LogP contribution in [0, 0.1) is 0 Å². The Labute approximate surface area is 166 Å². The molecule has 1 amide bonds. The molecule has 3 rings (SSSR count). The average molecular weight is 467 g/mol. The monoisotopic (exact) mass is 467 g/mol. The zero-order chi connectivity index (χ0) is 16.4. The number of carbonyl (C=O) groups excluding carboxylic acids is 1. The first-order valence-electron chi connectivity index (χ1n) is 8.56. The number of carbonyl (C=O) groups is 1. The van der Waals surface area contributed by atoms with Gasteiger partial charge in [-0.05, 0) is 39.1 Å². The zero-order valence-electron chi connectivity index (χ0n) is 15.0. The van der Waals surface area contributed by atoms with Crippen LogP contribution in [0.2, 0.25) is 0 Å². The van der Waals surface area contributed by atoms with Gasteiger partial charge in [-0.2, -0.15) is 11.8 Å². The maximum Gasteiger partial charge on any atom is 0.242 e. The van der Waals surface area contributed by atoms with Crippen molar-refractivity contribution in [1.29, 1.82) is 0 Å². The molecule has 1 N–H and O–H groups in total. The third-order valence-corrected chi connectivity index (χ3v) is 6.60. The number of halogens is 1. The van der Waals surface area contributed by atoms with Gasteiger partial charge in [-0.3, -0.25) is 9.79 Å². The number of nitrogens with one attached hydrogen (secondary N) is 1. The number of likely N-dealkylation sites (N-methyl/N-ethyl adjacent to an activating group) is 1. The summed E-state index contributed by atoms with van der Waals surface area (Å²) in [6.07, 6.45) is 3.56. The summed E-state index contributed by atoms with van der Waals surface area (Å²) in [5.41, 5.74) is 0.195. The van der Waals surface area contributed by atoms with Crippen molar-refractivity contribution in [1.82, 2.24) is 20.0 Å². The van der Waals surface area contributed by atoms with Gasteiger partial charge in [0.15, 0.2) is 5.96 Å². The molecule has 3 fully saturated rings. The molecule has 1 aliphatic carbocycles. The summed E-state index contributed by atoms with van der Waals surface area (Å²) in [5.74, 6) is 3.49. The average Bonchev–Trinajstić information content (AvgIpc) is 3.25. The lowest BCUT2D eigenvalue weighted by Gasteiger charge is -2.39. The van der Waals surface area contributed by atoms with Crippen molar-refractivity contribution in [3.8, 4) is 0 Å². The fraction of sp³-hybridized carbons (Fsp3) is 0.875. The number of rotatable bonds is 4. The summed E-state index contributed by atoms with van der Waals surface area (Å²) >= 11 is 2.02. The van der Waals surface area contributed by atoms with Crippen LogP contribution in [-0.4, -0.2) is 97.0 Å². The lowest BCUT2D eigenvalue weighted by Crippen LogP contribution is -2.59. The quantitative estimate of drug-likeness (QED) is 0.379. The van der Waals surface area contributed by atoms with Crippen molar-refractivity contribution in [2.24, 2.45) is 4.99 Å². The number of aliphatic imine (C=N–C) groups is 1. The minimum atomic E-state index is 0. The molecule has 1 saturated carbocycles. The van der Waals surface area contributed by atoms with Crippen molar-refractivity contribution >= 4 is 47.6 Å². The standard InChI is InChI=1S/C16H29N5OS.HI/c1-17-15(18-11-16(19(2)3)6-9-23-12-16)20-7-8-21(13-4-5-13)14(22)10-20;/h13H,4-12H2,1-3H3,(H,17,18);1H. The predicted octanol–water partition coefficient (Wildman–Crippen LogP) is 0.924. The number of amides is 1. The largest absolute Gasteiger partial charge is 0.354 e. The van der Waals surface area contributed by atoms with Crippen LogP contribution < -0.4 is 5.32 Å². The van der Waals surface area contributed by atoms with Crippen molar-refractivity contribution in [3.63, 3.8) is 0 Å². The molecule has 2 aliphatic heterocycles. The topological polar surface area (TPSA) is 51.2 Å². The first kappa shape index (κ1) is 20.1. The van der Waals surface area contributed by atoms with Crippen LogP contribution in [-0.2, 0) is 4.79 Å². The van der Waals surface area contributed by atoms with Gasteiger partial charge >= 0.3 is 0 Å².